The lowest BCUT2D eigenvalue weighted by molar-refractivity contribution is 0.111. The molecule has 1 saturated heterocycles. The first kappa shape index (κ1) is 14.2. The minimum atomic E-state index is 0.0587. The molecule has 1 fully saturated rings. The molecule has 0 unspecified atom stereocenters. The van der Waals surface area contributed by atoms with Crippen LogP contribution < -0.4 is 5.32 Å². The Balaban J connectivity index is 1.59. The van der Waals surface area contributed by atoms with E-state index in [0.717, 1.165) is 23.5 Å². The highest BCUT2D eigenvalue weighted by atomic mass is 16.5. The van der Waals surface area contributed by atoms with Crippen LogP contribution in [0.1, 0.15) is 23.9 Å². The summed E-state index contributed by atoms with van der Waals surface area (Å²) in [6.45, 7) is 1.15. The molecule has 119 valence electrons. The van der Waals surface area contributed by atoms with Gasteiger partial charge in [-0.05, 0) is 18.9 Å². The van der Waals surface area contributed by atoms with Gasteiger partial charge in [-0.1, -0.05) is 0 Å². The van der Waals surface area contributed by atoms with Gasteiger partial charge in [-0.25, -0.2) is 9.97 Å². The molecule has 4 heterocycles. The van der Waals surface area contributed by atoms with Gasteiger partial charge in [0.2, 0.25) is 5.95 Å². The molecule has 0 spiro atoms. The third-order valence-corrected chi connectivity index (χ3v) is 3.70. The highest BCUT2D eigenvalue weighted by Gasteiger charge is 2.20. The highest BCUT2D eigenvalue weighted by Crippen LogP contribution is 2.28. The summed E-state index contributed by atoms with van der Waals surface area (Å²) in [4.78, 5) is 8.84. The standard InChI is InChI=1S/C15H17N6O2/c1-22-9-10-8-21-14(17-10)4-5-16-15(21)18-13-7-11(19-20-13)12-3-2-6-23-12/h2,4-5,7-8,12H,3,6,9H2,1H3,(H2,16,18,19,20)/t12-/m0/s1. The Labute approximate surface area is 132 Å². The molecule has 0 saturated carbocycles. The quantitative estimate of drug-likeness (QED) is 0.749. The van der Waals surface area contributed by atoms with Crippen LogP contribution in [0.4, 0.5) is 11.8 Å². The van der Waals surface area contributed by atoms with E-state index in [-0.39, 0.29) is 6.10 Å². The average molecular weight is 313 g/mol. The van der Waals surface area contributed by atoms with Gasteiger partial charge in [0, 0.05) is 25.6 Å². The molecule has 4 rings (SSSR count). The third kappa shape index (κ3) is 2.78. The first-order valence-corrected chi connectivity index (χ1v) is 7.41. The molecule has 3 aromatic rings. The zero-order valence-corrected chi connectivity index (χ0v) is 12.7. The first-order chi connectivity index (χ1) is 11.3. The topological polar surface area (TPSA) is 89.4 Å². The summed E-state index contributed by atoms with van der Waals surface area (Å²) >= 11 is 0. The summed E-state index contributed by atoms with van der Waals surface area (Å²) in [6, 6.07) is 3.79. The molecular formula is C15H17N6O2. The van der Waals surface area contributed by atoms with E-state index < -0.39 is 0 Å². The van der Waals surface area contributed by atoms with Crippen LogP contribution in [0.15, 0.2) is 24.5 Å². The minimum Gasteiger partial charge on any atom is -0.378 e. The van der Waals surface area contributed by atoms with E-state index >= 15 is 0 Å². The van der Waals surface area contributed by atoms with Crippen LogP contribution in [-0.4, -0.2) is 38.3 Å². The average Bonchev–Trinajstić information content (AvgIpc) is 3.27. The second-order valence-electron chi connectivity index (χ2n) is 5.34. The predicted molar refractivity (Wildman–Crippen MR) is 83.2 cm³/mol. The van der Waals surface area contributed by atoms with Gasteiger partial charge >= 0.3 is 0 Å². The molecule has 8 nitrogen and oxygen atoms in total. The van der Waals surface area contributed by atoms with Gasteiger partial charge in [0.05, 0.1) is 30.7 Å². The molecule has 1 radical (unpaired) electrons. The number of hydrogen-bond donors (Lipinski definition) is 2. The van der Waals surface area contributed by atoms with E-state index in [1.54, 1.807) is 13.3 Å². The van der Waals surface area contributed by atoms with Crippen molar-refractivity contribution in [2.45, 2.75) is 19.1 Å². The predicted octanol–water partition coefficient (Wildman–Crippen LogP) is 2.01. The summed E-state index contributed by atoms with van der Waals surface area (Å²) in [5, 5.41) is 10.5. The van der Waals surface area contributed by atoms with Crippen molar-refractivity contribution in [3.63, 3.8) is 0 Å². The maximum absolute atomic E-state index is 5.60. The van der Waals surface area contributed by atoms with Gasteiger partial charge in [0.15, 0.2) is 5.82 Å². The number of aromatic amines is 1. The fourth-order valence-electron chi connectivity index (χ4n) is 2.65. The molecule has 23 heavy (non-hydrogen) atoms. The summed E-state index contributed by atoms with van der Waals surface area (Å²) in [5.41, 5.74) is 2.61. The number of ether oxygens (including phenoxy) is 2. The first-order valence-electron chi connectivity index (χ1n) is 7.41. The van der Waals surface area contributed by atoms with E-state index in [1.165, 1.54) is 0 Å². The van der Waals surface area contributed by atoms with Crippen molar-refractivity contribution < 1.29 is 9.47 Å². The number of nitrogens with zero attached hydrogens (tertiary/aromatic N) is 4. The van der Waals surface area contributed by atoms with E-state index in [2.05, 4.69) is 31.9 Å². The zero-order chi connectivity index (χ0) is 15.6. The van der Waals surface area contributed by atoms with Gasteiger partial charge in [-0.3, -0.25) is 9.50 Å². The number of fused-ring (bicyclic) bond motifs is 1. The lowest BCUT2D eigenvalue weighted by Gasteiger charge is -2.05. The number of anilines is 2. The van der Waals surface area contributed by atoms with E-state index in [9.17, 15) is 0 Å². The minimum absolute atomic E-state index is 0.0587. The monoisotopic (exact) mass is 313 g/mol. The van der Waals surface area contributed by atoms with Crippen LogP contribution in [0, 0.1) is 6.42 Å². The van der Waals surface area contributed by atoms with Crippen LogP contribution in [0.2, 0.25) is 0 Å². The normalized spacial score (nSPS) is 17.9. The molecule has 3 aromatic heterocycles. The van der Waals surface area contributed by atoms with Crippen molar-refractivity contribution in [2.75, 3.05) is 19.0 Å². The van der Waals surface area contributed by atoms with E-state index in [4.69, 9.17) is 9.47 Å². The Morgan fingerprint density at radius 2 is 2.48 bits per heavy atom. The second-order valence-corrected chi connectivity index (χ2v) is 5.34. The summed E-state index contributed by atoms with van der Waals surface area (Å²) in [7, 11) is 1.65. The zero-order valence-electron chi connectivity index (χ0n) is 12.7. The Morgan fingerprint density at radius 3 is 3.30 bits per heavy atom. The number of methoxy groups -OCH3 is 1. The van der Waals surface area contributed by atoms with Crippen molar-refractivity contribution in [1.29, 1.82) is 0 Å². The van der Waals surface area contributed by atoms with Gasteiger partial charge in [0.1, 0.15) is 5.65 Å². The number of imidazole rings is 1. The lowest BCUT2D eigenvalue weighted by Crippen LogP contribution is -2.00. The highest BCUT2D eigenvalue weighted by molar-refractivity contribution is 5.54. The van der Waals surface area contributed by atoms with Gasteiger partial charge in [-0.2, -0.15) is 5.10 Å². The number of hydrogen-bond acceptors (Lipinski definition) is 6. The number of H-pyrrole nitrogens is 1. The third-order valence-electron chi connectivity index (χ3n) is 3.70. The lowest BCUT2D eigenvalue weighted by atomic mass is 10.2. The van der Waals surface area contributed by atoms with Crippen LogP contribution in [0.3, 0.4) is 0 Å². The molecule has 2 N–H and O–H groups in total. The molecule has 0 aromatic carbocycles. The molecule has 1 aliphatic rings. The summed E-state index contributed by atoms with van der Waals surface area (Å²) in [6.07, 6.45) is 6.69. The molecular weight excluding hydrogens is 296 g/mol. The van der Waals surface area contributed by atoms with Gasteiger partial charge in [-0.15, -0.1) is 0 Å². The summed E-state index contributed by atoms with van der Waals surface area (Å²) < 4.78 is 12.6. The molecule has 1 atom stereocenters. The SMILES string of the molecule is COCc1cn2c(Nc3cc([C@@H]4C[CH]CO4)[nH]n3)nccc2n1. The number of nitrogens with one attached hydrogen (secondary N) is 2. The summed E-state index contributed by atoms with van der Waals surface area (Å²) in [5.74, 6) is 1.34. The maximum atomic E-state index is 5.60. The van der Waals surface area contributed by atoms with E-state index in [1.807, 2.05) is 22.7 Å². The number of aromatic nitrogens is 5. The molecule has 0 bridgehead atoms. The van der Waals surface area contributed by atoms with Crippen LogP contribution in [0.5, 0.6) is 0 Å². The van der Waals surface area contributed by atoms with Crippen LogP contribution >= 0.6 is 0 Å². The van der Waals surface area contributed by atoms with Crippen molar-refractivity contribution in [3.05, 3.63) is 42.3 Å². The van der Waals surface area contributed by atoms with Crippen molar-refractivity contribution in [3.8, 4) is 0 Å². The Hall–Kier alpha value is -2.45. The number of rotatable bonds is 5. The Kier molecular flexibility index (Phi) is 3.68. The largest absolute Gasteiger partial charge is 0.378 e. The van der Waals surface area contributed by atoms with Crippen molar-refractivity contribution in [1.82, 2.24) is 24.6 Å². The van der Waals surface area contributed by atoms with Gasteiger partial charge < -0.3 is 14.8 Å². The van der Waals surface area contributed by atoms with Crippen molar-refractivity contribution >= 4 is 17.4 Å². The smallest absolute Gasteiger partial charge is 0.214 e. The Morgan fingerprint density at radius 1 is 1.52 bits per heavy atom. The molecule has 1 aliphatic heterocycles. The molecule has 0 amide bonds. The van der Waals surface area contributed by atoms with Crippen molar-refractivity contribution in [2.24, 2.45) is 0 Å². The van der Waals surface area contributed by atoms with Crippen LogP contribution in [-0.2, 0) is 16.1 Å². The molecule has 8 heteroatoms. The fourth-order valence-corrected chi connectivity index (χ4v) is 2.65. The Bertz CT molecular complexity index is 805. The fraction of sp³-hybridized carbons (Fsp3) is 0.333. The maximum Gasteiger partial charge on any atom is 0.214 e. The second kappa shape index (κ2) is 5.98. The molecule has 0 aliphatic carbocycles. The van der Waals surface area contributed by atoms with Gasteiger partial charge in [0.25, 0.3) is 0 Å². The van der Waals surface area contributed by atoms with Crippen LogP contribution in [0.25, 0.3) is 5.65 Å². The van der Waals surface area contributed by atoms with E-state index in [0.29, 0.717) is 25.0 Å².